The molecule has 1 atom stereocenters. The number of carbonyl (C=O) groups excluding carboxylic acids is 1. The number of hydrogen-bond donors (Lipinski definition) is 0. The van der Waals surface area contributed by atoms with Crippen LogP contribution >= 0.6 is 0 Å². The highest BCUT2D eigenvalue weighted by atomic mass is 32.2. The Bertz CT molecular complexity index is 553. The van der Waals surface area contributed by atoms with Crippen molar-refractivity contribution in [2.45, 2.75) is 31.8 Å². The van der Waals surface area contributed by atoms with Gasteiger partial charge in [-0.3, -0.25) is 9.78 Å². The Balaban J connectivity index is 2.19. The molecule has 0 spiro atoms. The number of amides is 1. The second kappa shape index (κ2) is 5.28. The van der Waals surface area contributed by atoms with Gasteiger partial charge in [-0.1, -0.05) is 0 Å². The van der Waals surface area contributed by atoms with E-state index in [1.165, 1.54) is 12.5 Å². The number of nitrogens with zero attached hydrogens (tertiary/aromatic N) is 2. The van der Waals surface area contributed by atoms with Crippen LogP contribution < -0.4 is 0 Å². The highest BCUT2D eigenvalue weighted by molar-refractivity contribution is 7.90. The Morgan fingerprint density at radius 2 is 2.21 bits per heavy atom. The van der Waals surface area contributed by atoms with Crippen LogP contribution in [-0.4, -0.2) is 48.3 Å². The van der Waals surface area contributed by atoms with Crippen molar-refractivity contribution >= 4 is 15.7 Å². The van der Waals surface area contributed by atoms with Crippen LogP contribution in [0.5, 0.6) is 0 Å². The summed E-state index contributed by atoms with van der Waals surface area (Å²) in [6, 6.07) is 3.27. The van der Waals surface area contributed by atoms with E-state index in [0.29, 0.717) is 5.56 Å². The van der Waals surface area contributed by atoms with Crippen molar-refractivity contribution in [2.24, 2.45) is 0 Å². The molecule has 1 fully saturated rings. The summed E-state index contributed by atoms with van der Waals surface area (Å²) in [6.45, 7) is 1.79. The summed E-state index contributed by atoms with van der Waals surface area (Å²) in [5.74, 6) is -0.137. The highest BCUT2D eigenvalue weighted by Crippen LogP contribution is 2.30. The summed E-state index contributed by atoms with van der Waals surface area (Å²) in [6.07, 6.45) is 6.21. The van der Waals surface area contributed by atoms with Crippen molar-refractivity contribution in [3.63, 3.8) is 0 Å². The predicted molar refractivity (Wildman–Crippen MR) is 72.6 cm³/mol. The molecule has 0 saturated heterocycles. The molecule has 5 nitrogen and oxygen atoms in total. The Kier molecular flexibility index (Phi) is 3.89. The fraction of sp³-hybridized carbons (Fsp3) is 0.538. The van der Waals surface area contributed by atoms with Gasteiger partial charge in [0.25, 0.3) is 5.91 Å². The van der Waals surface area contributed by atoms with Gasteiger partial charge in [-0.2, -0.15) is 0 Å². The Labute approximate surface area is 113 Å². The number of sulfone groups is 1. The molecule has 1 heterocycles. The van der Waals surface area contributed by atoms with E-state index in [1.54, 1.807) is 30.2 Å². The average molecular weight is 282 g/mol. The summed E-state index contributed by atoms with van der Waals surface area (Å²) in [7, 11) is -3.10. The lowest BCUT2D eigenvalue weighted by atomic mass is 10.2. The van der Waals surface area contributed by atoms with Gasteiger partial charge in [-0.15, -0.1) is 0 Å². The molecule has 6 heteroatoms. The van der Waals surface area contributed by atoms with Crippen LogP contribution in [0.4, 0.5) is 0 Å². The molecule has 0 N–H and O–H groups in total. The van der Waals surface area contributed by atoms with E-state index in [2.05, 4.69) is 4.98 Å². The molecule has 104 valence electrons. The van der Waals surface area contributed by atoms with Gasteiger partial charge in [0, 0.05) is 30.7 Å². The van der Waals surface area contributed by atoms with Crippen LogP contribution in [0.1, 0.15) is 30.1 Å². The third-order valence-corrected chi connectivity index (χ3v) is 4.19. The van der Waals surface area contributed by atoms with Crippen LogP contribution in [0.15, 0.2) is 24.5 Å². The van der Waals surface area contributed by atoms with Crippen molar-refractivity contribution in [2.75, 3.05) is 12.0 Å². The Hall–Kier alpha value is -1.43. The van der Waals surface area contributed by atoms with E-state index in [1.807, 2.05) is 0 Å². The monoisotopic (exact) mass is 282 g/mol. The van der Waals surface area contributed by atoms with E-state index in [4.69, 9.17) is 0 Å². The number of hydrogen-bond acceptors (Lipinski definition) is 4. The number of aromatic nitrogens is 1. The van der Waals surface area contributed by atoms with Crippen LogP contribution in [0.2, 0.25) is 0 Å². The van der Waals surface area contributed by atoms with Crippen molar-refractivity contribution < 1.29 is 13.2 Å². The zero-order valence-corrected chi connectivity index (χ0v) is 11.9. The van der Waals surface area contributed by atoms with Crippen molar-refractivity contribution in [1.82, 2.24) is 9.88 Å². The van der Waals surface area contributed by atoms with Crippen LogP contribution in [0, 0.1) is 0 Å². The zero-order valence-electron chi connectivity index (χ0n) is 11.1. The molecule has 1 saturated carbocycles. The van der Waals surface area contributed by atoms with Crippen molar-refractivity contribution in [1.29, 1.82) is 0 Å². The fourth-order valence-electron chi connectivity index (χ4n) is 2.24. The first-order valence-corrected chi connectivity index (χ1v) is 8.35. The molecular formula is C13H18N2O3S. The van der Waals surface area contributed by atoms with Gasteiger partial charge < -0.3 is 4.90 Å². The molecule has 1 unspecified atom stereocenters. The first-order valence-electron chi connectivity index (χ1n) is 6.29. The molecule has 1 aromatic rings. The summed E-state index contributed by atoms with van der Waals surface area (Å²) < 4.78 is 22.8. The van der Waals surface area contributed by atoms with Gasteiger partial charge >= 0.3 is 0 Å². The topological polar surface area (TPSA) is 67.3 Å². The number of carbonyl (C=O) groups is 1. The van der Waals surface area contributed by atoms with Gasteiger partial charge in [-0.05, 0) is 31.9 Å². The summed E-state index contributed by atoms with van der Waals surface area (Å²) in [5.41, 5.74) is 0.509. The predicted octanol–water partition coefficient (Wildman–Crippen LogP) is 1.12. The second-order valence-electron chi connectivity index (χ2n) is 5.13. The largest absolute Gasteiger partial charge is 0.332 e. The molecule has 0 bridgehead atoms. The highest BCUT2D eigenvalue weighted by Gasteiger charge is 2.37. The van der Waals surface area contributed by atoms with E-state index in [0.717, 1.165) is 12.8 Å². The van der Waals surface area contributed by atoms with E-state index >= 15 is 0 Å². The van der Waals surface area contributed by atoms with E-state index in [-0.39, 0.29) is 23.7 Å². The molecule has 2 rings (SSSR count). The average Bonchev–Trinajstić information content (AvgIpc) is 3.12. The summed E-state index contributed by atoms with van der Waals surface area (Å²) >= 11 is 0. The lowest BCUT2D eigenvalue weighted by Crippen LogP contribution is -2.43. The molecule has 0 aliphatic heterocycles. The first kappa shape index (κ1) is 14.0. The van der Waals surface area contributed by atoms with Crippen molar-refractivity contribution in [3.8, 4) is 0 Å². The zero-order chi connectivity index (χ0) is 14.0. The minimum absolute atomic E-state index is 0.00446. The van der Waals surface area contributed by atoms with E-state index < -0.39 is 9.84 Å². The van der Waals surface area contributed by atoms with E-state index in [9.17, 15) is 13.2 Å². The summed E-state index contributed by atoms with van der Waals surface area (Å²) in [5, 5.41) is 0. The molecule has 0 radical (unpaired) electrons. The molecule has 1 aliphatic carbocycles. The smallest absolute Gasteiger partial charge is 0.255 e. The maximum absolute atomic E-state index is 12.4. The summed E-state index contributed by atoms with van der Waals surface area (Å²) in [4.78, 5) is 18.1. The van der Waals surface area contributed by atoms with Gasteiger partial charge in [0.05, 0.1) is 11.3 Å². The second-order valence-corrected chi connectivity index (χ2v) is 7.31. The van der Waals surface area contributed by atoms with Crippen LogP contribution in [0.3, 0.4) is 0 Å². The molecule has 19 heavy (non-hydrogen) atoms. The molecule has 0 aromatic carbocycles. The minimum Gasteiger partial charge on any atom is -0.332 e. The van der Waals surface area contributed by atoms with Gasteiger partial charge in [0.15, 0.2) is 0 Å². The third-order valence-electron chi connectivity index (χ3n) is 3.10. The van der Waals surface area contributed by atoms with Crippen LogP contribution in [-0.2, 0) is 9.84 Å². The van der Waals surface area contributed by atoms with Gasteiger partial charge in [0.2, 0.25) is 0 Å². The standard InChI is InChI=1S/C13H18N2O3S/c1-10(9-19(2,17)18)15(12-5-6-12)13(16)11-4-3-7-14-8-11/h3-4,7-8,10,12H,5-6,9H2,1-2H3. The number of rotatable bonds is 5. The maximum Gasteiger partial charge on any atom is 0.255 e. The maximum atomic E-state index is 12.4. The molecule has 1 aliphatic rings. The third kappa shape index (κ3) is 3.76. The lowest BCUT2D eigenvalue weighted by Gasteiger charge is -2.29. The lowest BCUT2D eigenvalue weighted by molar-refractivity contribution is 0.0692. The fourth-order valence-corrected chi connectivity index (χ4v) is 3.27. The Morgan fingerprint density at radius 1 is 1.53 bits per heavy atom. The molecular weight excluding hydrogens is 264 g/mol. The Morgan fingerprint density at radius 3 is 2.68 bits per heavy atom. The van der Waals surface area contributed by atoms with Gasteiger partial charge in [0.1, 0.15) is 9.84 Å². The SMILES string of the molecule is CC(CS(C)(=O)=O)N(C(=O)c1cccnc1)C1CC1. The quantitative estimate of drug-likeness (QED) is 0.811. The molecule has 1 amide bonds. The molecule has 1 aromatic heterocycles. The van der Waals surface area contributed by atoms with Crippen LogP contribution in [0.25, 0.3) is 0 Å². The minimum atomic E-state index is -3.10. The van der Waals surface area contributed by atoms with Crippen molar-refractivity contribution in [3.05, 3.63) is 30.1 Å². The number of pyridine rings is 1. The normalized spacial score (nSPS) is 16.9. The van der Waals surface area contributed by atoms with Gasteiger partial charge in [-0.25, -0.2) is 8.42 Å². The first-order chi connectivity index (χ1) is 8.88.